The molecule has 0 unspecified atom stereocenters. The number of nitrogens with two attached hydrogens (primary N) is 1. The fourth-order valence-electron chi connectivity index (χ4n) is 3.97. The Hall–Kier alpha value is -5.02. The van der Waals surface area contributed by atoms with Crippen LogP contribution in [-0.4, -0.2) is 88.2 Å². The van der Waals surface area contributed by atoms with E-state index in [0.717, 1.165) is 24.7 Å². The number of aliphatic hydroxyl groups is 1. The van der Waals surface area contributed by atoms with Crippen molar-refractivity contribution in [3.8, 4) is 0 Å². The number of halogens is 3. The van der Waals surface area contributed by atoms with Crippen molar-refractivity contribution >= 4 is 35.7 Å². The first-order valence-electron chi connectivity index (χ1n) is 13.4. The van der Waals surface area contributed by atoms with E-state index in [1.54, 1.807) is 0 Å². The van der Waals surface area contributed by atoms with Crippen molar-refractivity contribution in [2.75, 3.05) is 12.3 Å². The number of benzene rings is 1. The monoisotopic (exact) mass is 685 g/mol. The van der Waals surface area contributed by atoms with Gasteiger partial charge in [-0.15, -0.1) is 4.91 Å². The molecule has 2 aromatic heterocycles. The van der Waals surface area contributed by atoms with Crippen LogP contribution in [0, 0.1) is 22.4 Å². The summed E-state index contributed by atoms with van der Waals surface area (Å²) in [5, 5.41) is 36.5. The molecule has 47 heavy (non-hydrogen) atoms. The standard InChI is InChI=1S/C16H14F3N5O.C10H16N4O7S/c1-10(15-14(19)5-20-7-22-15)16(25,6-24-9-21-8-23-24)12-3-2-11(17)4-13(12)18;11-5(10(19)20)1-2-7(15)13-6(4-22-14-21)9(18)12-3-8(16)17/h2-5,7-10,25H,6H2,1H3;5-6H,1-4,11H2,(H,12,18)(H,13,15)(H,16,17)(H,19,20)/t10-,16+;5-,6-/m00/s1. The van der Waals surface area contributed by atoms with Crippen LogP contribution in [0.3, 0.4) is 0 Å². The number of rotatable bonds is 16. The lowest BCUT2D eigenvalue weighted by molar-refractivity contribution is -0.139. The van der Waals surface area contributed by atoms with Gasteiger partial charge in [0.2, 0.25) is 11.8 Å². The second-order valence-electron chi connectivity index (χ2n) is 9.70. The van der Waals surface area contributed by atoms with Crippen LogP contribution >= 0.6 is 11.9 Å². The predicted molar refractivity (Wildman–Crippen MR) is 156 cm³/mol. The molecular weight excluding hydrogens is 655 g/mol. The van der Waals surface area contributed by atoms with Crippen LogP contribution in [-0.2, 0) is 31.3 Å². The zero-order valence-corrected chi connectivity index (χ0v) is 25.3. The number of aromatic nitrogens is 5. The Kier molecular flexibility index (Phi) is 14.8. The number of nitroso groups, excluding NO2 is 1. The van der Waals surface area contributed by atoms with Gasteiger partial charge in [0.1, 0.15) is 54.8 Å². The molecule has 4 atom stereocenters. The first-order chi connectivity index (χ1) is 22.2. The van der Waals surface area contributed by atoms with Gasteiger partial charge in [-0.25, -0.2) is 32.8 Å². The molecule has 0 aliphatic heterocycles. The van der Waals surface area contributed by atoms with E-state index in [4.69, 9.17) is 15.9 Å². The molecule has 0 bridgehead atoms. The Morgan fingerprint density at radius 1 is 1.13 bits per heavy atom. The number of hydrogen-bond donors (Lipinski definition) is 6. The zero-order chi connectivity index (χ0) is 35.1. The van der Waals surface area contributed by atoms with Crippen LogP contribution in [0.5, 0.6) is 0 Å². The Balaban J connectivity index is 0.000000331. The van der Waals surface area contributed by atoms with Gasteiger partial charge in [0.25, 0.3) is 0 Å². The van der Waals surface area contributed by atoms with Crippen LogP contribution < -0.4 is 16.4 Å². The molecule has 3 rings (SSSR count). The SMILES string of the molecule is C[C@@H](c1ncncc1F)[C@](O)(Cn1cncn1)c1ccc(F)cc1F.N[C@@H](CCC(=O)N[C@@H](CSN=O)C(=O)NCC(=O)O)C(=O)O. The molecule has 0 fully saturated rings. The predicted octanol–water partition coefficient (Wildman–Crippen LogP) is 0.456. The van der Waals surface area contributed by atoms with Crippen LogP contribution in [0.1, 0.15) is 36.9 Å². The maximum absolute atomic E-state index is 14.4. The van der Waals surface area contributed by atoms with Crippen molar-refractivity contribution in [1.82, 2.24) is 35.4 Å². The Bertz CT molecular complexity index is 1540. The van der Waals surface area contributed by atoms with Crippen molar-refractivity contribution in [2.45, 2.75) is 49.9 Å². The number of carboxylic acid groups (broad SMARTS) is 2. The molecule has 0 saturated carbocycles. The molecule has 17 nitrogen and oxygen atoms in total. The molecule has 0 spiro atoms. The Labute approximate surface area is 268 Å². The first kappa shape index (κ1) is 38.2. The fraction of sp³-hybridized carbons (Fsp3) is 0.385. The summed E-state index contributed by atoms with van der Waals surface area (Å²) in [7, 11) is 0. The summed E-state index contributed by atoms with van der Waals surface area (Å²) in [6, 6.07) is 0.419. The number of hydrogen-bond acceptors (Lipinski definition) is 13. The highest BCUT2D eigenvalue weighted by Crippen LogP contribution is 2.39. The molecule has 3 aromatic rings. The van der Waals surface area contributed by atoms with Crippen LogP contribution in [0.25, 0.3) is 0 Å². The molecule has 0 saturated heterocycles. The zero-order valence-electron chi connectivity index (χ0n) is 24.5. The summed E-state index contributed by atoms with van der Waals surface area (Å²) in [5.74, 6) is -7.64. The van der Waals surface area contributed by atoms with E-state index in [2.05, 4.69) is 35.3 Å². The molecule has 0 aliphatic rings. The van der Waals surface area contributed by atoms with E-state index in [9.17, 15) is 42.4 Å². The van der Waals surface area contributed by atoms with Gasteiger partial charge in [0.05, 0.1) is 18.4 Å². The highest BCUT2D eigenvalue weighted by molar-refractivity contribution is 7.97. The third-order valence-corrected chi connectivity index (χ3v) is 7.04. The Morgan fingerprint density at radius 3 is 2.43 bits per heavy atom. The average molecular weight is 686 g/mol. The summed E-state index contributed by atoms with van der Waals surface area (Å²) in [5.41, 5.74) is 2.98. The number of carbonyl (C=O) groups excluding carboxylic acids is 2. The molecule has 1 aromatic carbocycles. The third-order valence-electron chi connectivity index (χ3n) is 6.45. The normalized spacial score (nSPS) is 13.9. The lowest BCUT2D eigenvalue weighted by Crippen LogP contribution is -2.49. The average Bonchev–Trinajstić information content (AvgIpc) is 3.53. The van der Waals surface area contributed by atoms with Crippen molar-refractivity contribution in [2.24, 2.45) is 10.3 Å². The topological polar surface area (TPSA) is 265 Å². The van der Waals surface area contributed by atoms with E-state index < -0.39 is 71.4 Å². The minimum Gasteiger partial charge on any atom is -0.480 e. The van der Waals surface area contributed by atoms with E-state index in [1.165, 1.54) is 24.3 Å². The molecule has 2 amide bonds. The van der Waals surface area contributed by atoms with Gasteiger partial charge in [0.15, 0.2) is 5.82 Å². The summed E-state index contributed by atoms with van der Waals surface area (Å²) in [6.07, 6.45) is 4.29. The van der Waals surface area contributed by atoms with Gasteiger partial charge in [-0.1, -0.05) is 13.0 Å². The van der Waals surface area contributed by atoms with Gasteiger partial charge in [-0.05, 0) is 12.5 Å². The lowest BCUT2D eigenvalue weighted by Gasteiger charge is -2.34. The number of nitrogens with one attached hydrogen (secondary N) is 2. The van der Waals surface area contributed by atoms with Crippen molar-refractivity contribution in [3.05, 3.63) is 77.0 Å². The van der Waals surface area contributed by atoms with Crippen LogP contribution in [0.4, 0.5) is 13.2 Å². The first-order valence-corrected chi connectivity index (χ1v) is 14.3. The fourth-order valence-corrected chi connectivity index (χ4v) is 4.42. The maximum Gasteiger partial charge on any atom is 0.322 e. The van der Waals surface area contributed by atoms with Crippen LogP contribution in [0.15, 0.2) is 48.0 Å². The van der Waals surface area contributed by atoms with E-state index in [1.807, 2.05) is 0 Å². The Morgan fingerprint density at radius 2 is 1.85 bits per heavy atom. The highest BCUT2D eigenvalue weighted by Gasteiger charge is 2.41. The molecule has 0 radical (unpaired) electrons. The quantitative estimate of drug-likeness (QED) is 0.0884. The van der Waals surface area contributed by atoms with Gasteiger partial charge in [-0.3, -0.25) is 19.2 Å². The minimum atomic E-state index is -1.96. The summed E-state index contributed by atoms with van der Waals surface area (Å²) < 4.78 is 45.5. The minimum absolute atomic E-state index is 0.0960. The second-order valence-corrected chi connectivity index (χ2v) is 10.4. The molecule has 2 heterocycles. The molecule has 0 aliphatic carbocycles. The molecule has 254 valence electrons. The van der Waals surface area contributed by atoms with Crippen LogP contribution in [0.2, 0.25) is 0 Å². The molecule has 7 N–H and O–H groups in total. The molecular formula is C26H30F3N9O8S. The summed E-state index contributed by atoms with van der Waals surface area (Å²) in [4.78, 5) is 65.4. The van der Waals surface area contributed by atoms with Gasteiger partial charge in [0, 0.05) is 46.3 Å². The third kappa shape index (κ3) is 11.7. The number of aliphatic carboxylic acids is 2. The van der Waals surface area contributed by atoms with Crippen molar-refractivity contribution in [1.29, 1.82) is 0 Å². The number of carboxylic acids is 2. The van der Waals surface area contributed by atoms with Gasteiger partial charge in [-0.2, -0.15) is 5.10 Å². The number of carbonyl (C=O) groups is 4. The molecule has 21 heteroatoms. The summed E-state index contributed by atoms with van der Waals surface area (Å²) >= 11 is 0.478. The van der Waals surface area contributed by atoms with E-state index in [0.29, 0.717) is 18.0 Å². The smallest absolute Gasteiger partial charge is 0.322 e. The van der Waals surface area contributed by atoms with Gasteiger partial charge >= 0.3 is 11.9 Å². The van der Waals surface area contributed by atoms with Gasteiger partial charge < -0.3 is 31.7 Å². The van der Waals surface area contributed by atoms with E-state index in [-0.39, 0.29) is 36.4 Å². The summed E-state index contributed by atoms with van der Waals surface area (Å²) in [6.45, 7) is 0.611. The maximum atomic E-state index is 14.4. The van der Waals surface area contributed by atoms with Crippen molar-refractivity contribution < 1.29 is 47.7 Å². The van der Waals surface area contributed by atoms with E-state index >= 15 is 0 Å². The largest absolute Gasteiger partial charge is 0.480 e. The lowest BCUT2D eigenvalue weighted by atomic mass is 9.79. The number of nitrogens with zero attached hydrogens (tertiary/aromatic N) is 6. The van der Waals surface area contributed by atoms with Crippen molar-refractivity contribution in [3.63, 3.8) is 0 Å². The highest BCUT2D eigenvalue weighted by atomic mass is 32.2. The second kappa shape index (κ2) is 18.2. The number of amides is 2.